The van der Waals surface area contributed by atoms with E-state index in [9.17, 15) is 4.79 Å². The monoisotopic (exact) mass is 308 g/mol. The van der Waals surface area contributed by atoms with Crippen molar-refractivity contribution in [1.82, 2.24) is 19.9 Å². The molecular formula is C16H28N4O2. The zero-order chi connectivity index (χ0) is 16.3. The molecule has 0 aromatic carbocycles. The van der Waals surface area contributed by atoms with Crippen molar-refractivity contribution in [2.24, 2.45) is 0 Å². The van der Waals surface area contributed by atoms with Gasteiger partial charge in [0.1, 0.15) is 11.5 Å². The molecule has 1 aliphatic heterocycles. The lowest BCUT2D eigenvalue weighted by molar-refractivity contribution is -0.136. The number of carbonyl (C=O) groups is 1. The Hall–Kier alpha value is -1.40. The van der Waals surface area contributed by atoms with Crippen molar-refractivity contribution in [3.63, 3.8) is 0 Å². The minimum Gasteiger partial charge on any atom is -0.361 e. The first-order valence-corrected chi connectivity index (χ1v) is 8.01. The number of hydrogen-bond donors (Lipinski definition) is 0. The number of piperazine rings is 1. The fourth-order valence-electron chi connectivity index (χ4n) is 2.68. The van der Waals surface area contributed by atoms with Gasteiger partial charge in [-0.05, 0) is 14.0 Å². The third-order valence-corrected chi connectivity index (χ3v) is 4.36. The molecular weight excluding hydrogens is 280 g/mol. The van der Waals surface area contributed by atoms with Gasteiger partial charge in [-0.3, -0.25) is 9.69 Å². The Labute approximate surface area is 133 Å². The van der Waals surface area contributed by atoms with Gasteiger partial charge in [0.05, 0.1) is 12.6 Å². The number of aromatic nitrogens is 1. The van der Waals surface area contributed by atoms with Crippen molar-refractivity contribution in [3.05, 3.63) is 17.5 Å². The summed E-state index contributed by atoms with van der Waals surface area (Å²) in [7, 11) is 3.95. The number of amides is 1. The van der Waals surface area contributed by atoms with Crippen LogP contribution in [0.2, 0.25) is 0 Å². The Kier molecular flexibility index (Phi) is 5.58. The van der Waals surface area contributed by atoms with Gasteiger partial charge in [-0.2, -0.15) is 0 Å². The average Bonchev–Trinajstić information content (AvgIpc) is 2.95. The van der Waals surface area contributed by atoms with E-state index in [-0.39, 0.29) is 11.9 Å². The van der Waals surface area contributed by atoms with Crippen molar-refractivity contribution in [2.45, 2.75) is 39.3 Å². The molecule has 0 spiro atoms. The van der Waals surface area contributed by atoms with Gasteiger partial charge < -0.3 is 14.3 Å². The molecule has 0 unspecified atom stereocenters. The first kappa shape index (κ1) is 17.0. The molecule has 0 bridgehead atoms. The molecule has 6 nitrogen and oxygen atoms in total. The summed E-state index contributed by atoms with van der Waals surface area (Å²) in [6.45, 7) is 10.5. The standard InChI is InChI=1S/C16H28N4O2/c1-12(2)15-10-14(17-22-15)11-19(5)16(21)13(3)20-8-6-18(4)7-9-20/h10,12-13H,6-9,11H2,1-5H3/t13-/m0/s1. The fourth-order valence-corrected chi connectivity index (χ4v) is 2.68. The molecule has 1 saturated heterocycles. The van der Waals surface area contributed by atoms with Crippen LogP contribution in [0.4, 0.5) is 0 Å². The Morgan fingerprint density at radius 2 is 1.95 bits per heavy atom. The average molecular weight is 308 g/mol. The first-order chi connectivity index (χ1) is 10.4. The third kappa shape index (κ3) is 4.08. The van der Waals surface area contributed by atoms with Crippen LogP contribution in [0.5, 0.6) is 0 Å². The second-order valence-corrected chi connectivity index (χ2v) is 6.58. The Morgan fingerprint density at radius 3 is 2.50 bits per heavy atom. The largest absolute Gasteiger partial charge is 0.361 e. The van der Waals surface area contributed by atoms with Crippen molar-refractivity contribution in [1.29, 1.82) is 0 Å². The zero-order valence-corrected chi connectivity index (χ0v) is 14.4. The molecule has 1 aromatic heterocycles. The summed E-state index contributed by atoms with van der Waals surface area (Å²) >= 11 is 0. The molecule has 0 radical (unpaired) electrons. The number of carbonyl (C=O) groups excluding carboxylic acids is 1. The lowest BCUT2D eigenvalue weighted by Crippen LogP contribution is -2.53. The van der Waals surface area contributed by atoms with E-state index < -0.39 is 0 Å². The summed E-state index contributed by atoms with van der Waals surface area (Å²) in [4.78, 5) is 18.9. The lowest BCUT2D eigenvalue weighted by Gasteiger charge is -2.36. The van der Waals surface area contributed by atoms with Crippen LogP contribution in [-0.4, -0.2) is 72.1 Å². The summed E-state index contributed by atoms with van der Waals surface area (Å²) in [5, 5.41) is 4.05. The van der Waals surface area contributed by atoms with Crippen LogP contribution >= 0.6 is 0 Å². The van der Waals surface area contributed by atoms with Gasteiger partial charge in [-0.25, -0.2) is 0 Å². The highest BCUT2D eigenvalue weighted by atomic mass is 16.5. The molecule has 1 fully saturated rings. The molecule has 124 valence electrons. The van der Waals surface area contributed by atoms with Crippen molar-refractivity contribution in [2.75, 3.05) is 40.3 Å². The van der Waals surface area contributed by atoms with E-state index in [1.165, 1.54) is 0 Å². The minimum atomic E-state index is -0.0878. The highest BCUT2D eigenvalue weighted by Crippen LogP contribution is 2.16. The SMILES string of the molecule is CC(C)c1cc(CN(C)C(=O)[C@H](C)N2CCN(C)CC2)no1. The number of nitrogens with zero attached hydrogens (tertiary/aromatic N) is 4. The highest BCUT2D eigenvalue weighted by Gasteiger charge is 2.27. The maximum atomic E-state index is 12.6. The molecule has 0 N–H and O–H groups in total. The maximum Gasteiger partial charge on any atom is 0.239 e. The van der Waals surface area contributed by atoms with Gasteiger partial charge in [0.2, 0.25) is 5.91 Å². The van der Waals surface area contributed by atoms with Gasteiger partial charge in [0, 0.05) is 45.2 Å². The van der Waals surface area contributed by atoms with E-state index in [0.29, 0.717) is 12.5 Å². The van der Waals surface area contributed by atoms with E-state index in [0.717, 1.165) is 37.6 Å². The zero-order valence-electron chi connectivity index (χ0n) is 14.4. The molecule has 1 amide bonds. The van der Waals surface area contributed by atoms with E-state index in [1.54, 1.807) is 4.90 Å². The molecule has 2 rings (SSSR count). The van der Waals surface area contributed by atoms with E-state index in [2.05, 4.69) is 35.9 Å². The molecule has 0 saturated carbocycles. The summed E-state index contributed by atoms with van der Waals surface area (Å²) in [6, 6.07) is 1.85. The smallest absolute Gasteiger partial charge is 0.239 e. The van der Waals surface area contributed by atoms with Gasteiger partial charge in [-0.15, -0.1) is 0 Å². The summed E-state index contributed by atoms with van der Waals surface area (Å²) in [6.07, 6.45) is 0. The minimum absolute atomic E-state index is 0.0878. The fraction of sp³-hybridized carbons (Fsp3) is 0.750. The maximum absolute atomic E-state index is 12.6. The molecule has 2 heterocycles. The quantitative estimate of drug-likeness (QED) is 0.823. The highest BCUT2D eigenvalue weighted by molar-refractivity contribution is 5.81. The normalized spacial score (nSPS) is 18.6. The van der Waals surface area contributed by atoms with Gasteiger partial charge in [0.15, 0.2) is 0 Å². The second-order valence-electron chi connectivity index (χ2n) is 6.58. The summed E-state index contributed by atoms with van der Waals surface area (Å²) in [5.74, 6) is 1.31. The van der Waals surface area contributed by atoms with Crippen LogP contribution in [-0.2, 0) is 11.3 Å². The Balaban J connectivity index is 1.90. The number of likely N-dealkylation sites (N-methyl/N-ethyl adjacent to an activating group) is 2. The predicted octanol–water partition coefficient (Wildman–Crippen LogP) is 1.39. The molecule has 1 aliphatic rings. The van der Waals surface area contributed by atoms with Crippen molar-refractivity contribution >= 4 is 5.91 Å². The van der Waals surface area contributed by atoms with E-state index >= 15 is 0 Å². The van der Waals surface area contributed by atoms with Crippen LogP contribution in [0.1, 0.15) is 38.1 Å². The predicted molar refractivity (Wildman–Crippen MR) is 85.6 cm³/mol. The van der Waals surface area contributed by atoms with Crippen LogP contribution in [0.25, 0.3) is 0 Å². The Bertz CT molecular complexity index is 492. The van der Waals surface area contributed by atoms with Crippen molar-refractivity contribution < 1.29 is 9.32 Å². The van der Waals surface area contributed by atoms with Gasteiger partial charge in [-0.1, -0.05) is 19.0 Å². The number of rotatable bonds is 5. The third-order valence-electron chi connectivity index (χ3n) is 4.36. The van der Waals surface area contributed by atoms with Crippen molar-refractivity contribution in [3.8, 4) is 0 Å². The number of hydrogen-bond acceptors (Lipinski definition) is 5. The Morgan fingerprint density at radius 1 is 1.32 bits per heavy atom. The van der Waals surface area contributed by atoms with Crippen LogP contribution in [0.3, 0.4) is 0 Å². The first-order valence-electron chi connectivity index (χ1n) is 8.01. The van der Waals surface area contributed by atoms with E-state index in [4.69, 9.17) is 4.52 Å². The van der Waals surface area contributed by atoms with Crippen LogP contribution in [0, 0.1) is 0 Å². The topological polar surface area (TPSA) is 52.8 Å². The lowest BCUT2D eigenvalue weighted by atomic mass is 10.1. The van der Waals surface area contributed by atoms with Crippen LogP contribution < -0.4 is 0 Å². The van der Waals surface area contributed by atoms with E-state index in [1.807, 2.05) is 20.0 Å². The van der Waals surface area contributed by atoms with Gasteiger partial charge >= 0.3 is 0 Å². The summed E-state index contributed by atoms with van der Waals surface area (Å²) < 4.78 is 5.29. The second kappa shape index (κ2) is 7.24. The molecule has 22 heavy (non-hydrogen) atoms. The van der Waals surface area contributed by atoms with Crippen LogP contribution in [0.15, 0.2) is 10.6 Å². The van der Waals surface area contributed by atoms with Gasteiger partial charge in [0.25, 0.3) is 0 Å². The summed E-state index contributed by atoms with van der Waals surface area (Å²) in [5.41, 5.74) is 0.810. The molecule has 1 aromatic rings. The molecule has 6 heteroatoms. The molecule has 0 aliphatic carbocycles. The molecule has 1 atom stereocenters.